The van der Waals surface area contributed by atoms with Crippen LogP contribution in [0.2, 0.25) is 0 Å². The van der Waals surface area contributed by atoms with Gasteiger partial charge in [-0.25, -0.2) is 0 Å². The van der Waals surface area contributed by atoms with Crippen LogP contribution in [-0.2, 0) is 7.05 Å². The van der Waals surface area contributed by atoms with Crippen LogP contribution in [0.1, 0.15) is 48.7 Å². The van der Waals surface area contributed by atoms with Crippen LogP contribution in [0, 0.1) is 6.92 Å². The smallest absolute Gasteiger partial charge is 0.269 e. The van der Waals surface area contributed by atoms with Gasteiger partial charge in [0.15, 0.2) is 0 Å². The monoisotopic (exact) mass is 300 g/mol. The molecule has 1 amide bonds. The Morgan fingerprint density at radius 3 is 2.77 bits per heavy atom. The number of pyridine rings is 1. The summed E-state index contributed by atoms with van der Waals surface area (Å²) < 4.78 is 1.75. The van der Waals surface area contributed by atoms with E-state index in [-0.39, 0.29) is 5.91 Å². The Morgan fingerprint density at radius 2 is 2.09 bits per heavy atom. The molecule has 0 aliphatic heterocycles. The summed E-state index contributed by atoms with van der Waals surface area (Å²) >= 11 is 0. The Morgan fingerprint density at radius 1 is 1.27 bits per heavy atom. The lowest BCUT2D eigenvalue weighted by molar-refractivity contribution is 0.0948. The minimum Gasteiger partial charge on any atom is -0.351 e. The zero-order chi connectivity index (χ0) is 15.9. The molecule has 2 heterocycles. The highest BCUT2D eigenvalue weighted by Gasteiger charge is 2.11. The third-order valence-corrected chi connectivity index (χ3v) is 3.67. The summed E-state index contributed by atoms with van der Waals surface area (Å²) in [4.78, 5) is 16.4. The van der Waals surface area contributed by atoms with E-state index >= 15 is 0 Å². The normalized spacial score (nSPS) is 10.7. The second-order valence-corrected chi connectivity index (χ2v) is 5.60. The first-order valence-electron chi connectivity index (χ1n) is 7.85. The zero-order valence-corrected chi connectivity index (χ0v) is 13.6. The lowest BCUT2D eigenvalue weighted by Gasteiger charge is -2.08. The molecule has 0 spiro atoms. The van der Waals surface area contributed by atoms with Crippen molar-refractivity contribution in [2.75, 3.05) is 6.54 Å². The van der Waals surface area contributed by atoms with Gasteiger partial charge in [0.1, 0.15) is 5.69 Å². The number of aryl methyl sites for hydroxylation is 2. The number of carbonyl (C=O) groups excluding carboxylic acids is 1. The Bertz CT molecular complexity index is 633. The molecule has 2 rings (SSSR count). The summed E-state index contributed by atoms with van der Waals surface area (Å²) in [5.41, 5.74) is 3.49. The first-order chi connectivity index (χ1) is 10.6. The van der Waals surface area contributed by atoms with Crippen molar-refractivity contribution in [3.8, 4) is 11.1 Å². The lowest BCUT2D eigenvalue weighted by atomic mass is 10.0. The molecule has 5 nitrogen and oxygen atoms in total. The van der Waals surface area contributed by atoms with Crippen molar-refractivity contribution in [2.45, 2.75) is 39.5 Å². The summed E-state index contributed by atoms with van der Waals surface area (Å²) in [6.07, 6.45) is 10.1. The average molecular weight is 300 g/mol. The van der Waals surface area contributed by atoms with E-state index < -0.39 is 0 Å². The second-order valence-electron chi connectivity index (χ2n) is 5.60. The van der Waals surface area contributed by atoms with Crippen LogP contribution >= 0.6 is 0 Å². The van der Waals surface area contributed by atoms with E-state index in [4.69, 9.17) is 0 Å². The SMILES string of the molecule is CCCCCCNC(=O)c1cc(-c2cnn(C)c2)c(C)cn1. The maximum atomic E-state index is 12.2. The molecule has 118 valence electrons. The van der Waals surface area contributed by atoms with E-state index in [1.807, 2.05) is 26.2 Å². The quantitative estimate of drug-likeness (QED) is 0.799. The van der Waals surface area contributed by atoms with Crippen LogP contribution in [0.5, 0.6) is 0 Å². The fourth-order valence-corrected chi connectivity index (χ4v) is 2.36. The first-order valence-corrected chi connectivity index (χ1v) is 7.85. The van der Waals surface area contributed by atoms with Gasteiger partial charge >= 0.3 is 0 Å². The Labute approximate surface area is 131 Å². The molecule has 0 aromatic carbocycles. The summed E-state index contributed by atoms with van der Waals surface area (Å²) in [6.45, 7) is 4.87. The van der Waals surface area contributed by atoms with Crippen molar-refractivity contribution < 1.29 is 4.79 Å². The van der Waals surface area contributed by atoms with Crippen LogP contribution < -0.4 is 5.32 Å². The van der Waals surface area contributed by atoms with Gasteiger partial charge < -0.3 is 5.32 Å². The summed E-state index contributed by atoms with van der Waals surface area (Å²) in [5.74, 6) is -0.110. The van der Waals surface area contributed by atoms with Crippen LogP contribution in [0.3, 0.4) is 0 Å². The molecule has 0 unspecified atom stereocenters. The average Bonchev–Trinajstić information content (AvgIpc) is 2.93. The molecule has 0 bridgehead atoms. The Balaban J connectivity index is 2.04. The van der Waals surface area contributed by atoms with Gasteiger partial charge in [-0.2, -0.15) is 5.10 Å². The van der Waals surface area contributed by atoms with E-state index in [1.165, 1.54) is 12.8 Å². The molecule has 0 atom stereocenters. The van der Waals surface area contributed by atoms with E-state index in [9.17, 15) is 4.79 Å². The van der Waals surface area contributed by atoms with Gasteiger partial charge in [0, 0.05) is 31.5 Å². The van der Waals surface area contributed by atoms with E-state index in [0.717, 1.165) is 29.5 Å². The standard InChI is InChI=1S/C17H24N4O/c1-4-5-6-7-8-18-17(22)16-9-15(13(2)10-19-16)14-11-20-21(3)12-14/h9-12H,4-8H2,1-3H3,(H,18,22). The predicted octanol–water partition coefficient (Wildman–Crippen LogP) is 3.10. The molecule has 2 aromatic rings. The lowest BCUT2D eigenvalue weighted by Crippen LogP contribution is -2.25. The number of amides is 1. The van der Waals surface area contributed by atoms with Crippen LogP contribution in [0.25, 0.3) is 11.1 Å². The number of hydrogen-bond acceptors (Lipinski definition) is 3. The van der Waals surface area contributed by atoms with Gasteiger partial charge in [0.05, 0.1) is 6.20 Å². The van der Waals surface area contributed by atoms with E-state index in [2.05, 4.69) is 22.3 Å². The minimum absolute atomic E-state index is 0.110. The number of nitrogens with zero attached hydrogens (tertiary/aromatic N) is 3. The summed E-state index contributed by atoms with van der Waals surface area (Å²) in [5, 5.41) is 7.12. The number of carbonyl (C=O) groups is 1. The van der Waals surface area contributed by atoms with Crippen LogP contribution in [0.15, 0.2) is 24.7 Å². The van der Waals surface area contributed by atoms with E-state index in [1.54, 1.807) is 17.1 Å². The fraction of sp³-hybridized carbons (Fsp3) is 0.471. The van der Waals surface area contributed by atoms with Crippen molar-refractivity contribution in [1.82, 2.24) is 20.1 Å². The Kier molecular flexibility index (Phi) is 5.69. The Hall–Kier alpha value is -2.17. The highest BCUT2D eigenvalue weighted by Crippen LogP contribution is 2.22. The molecule has 0 aliphatic carbocycles. The van der Waals surface area contributed by atoms with Crippen LogP contribution in [0.4, 0.5) is 0 Å². The van der Waals surface area contributed by atoms with Gasteiger partial charge in [-0.05, 0) is 30.5 Å². The molecule has 0 radical (unpaired) electrons. The van der Waals surface area contributed by atoms with Gasteiger partial charge in [0.2, 0.25) is 0 Å². The number of rotatable bonds is 7. The molecule has 0 fully saturated rings. The van der Waals surface area contributed by atoms with Gasteiger partial charge in [-0.1, -0.05) is 26.2 Å². The van der Waals surface area contributed by atoms with Crippen molar-refractivity contribution in [1.29, 1.82) is 0 Å². The molecule has 22 heavy (non-hydrogen) atoms. The highest BCUT2D eigenvalue weighted by atomic mass is 16.1. The molecule has 0 saturated carbocycles. The topological polar surface area (TPSA) is 59.8 Å². The summed E-state index contributed by atoms with van der Waals surface area (Å²) in [6, 6.07) is 1.84. The number of unbranched alkanes of at least 4 members (excludes halogenated alkanes) is 3. The molecule has 0 saturated heterocycles. The van der Waals surface area contributed by atoms with Crippen molar-refractivity contribution in [2.24, 2.45) is 7.05 Å². The second kappa shape index (κ2) is 7.73. The van der Waals surface area contributed by atoms with Crippen molar-refractivity contribution >= 4 is 5.91 Å². The van der Waals surface area contributed by atoms with Crippen LogP contribution in [-0.4, -0.2) is 27.2 Å². The maximum Gasteiger partial charge on any atom is 0.269 e. The molecule has 5 heteroatoms. The molecule has 2 aromatic heterocycles. The highest BCUT2D eigenvalue weighted by molar-refractivity contribution is 5.93. The largest absolute Gasteiger partial charge is 0.351 e. The molecular weight excluding hydrogens is 276 g/mol. The summed E-state index contributed by atoms with van der Waals surface area (Å²) in [7, 11) is 1.88. The number of aromatic nitrogens is 3. The van der Waals surface area contributed by atoms with Gasteiger partial charge in [0.25, 0.3) is 5.91 Å². The van der Waals surface area contributed by atoms with E-state index in [0.29, 0.717) is 12.2 Å². The van der Waals surface area contributed by atoms with Gasteiger partial charge in [-0.15, -0.1) is 0 Å². The fourth-order valence-electron chi connectivity index (χ4n) is 2.36. The predicted molar refractivity (Wildman–Crippen MR) is 87.7 cm³/mol. The molecule has 1 N–H and O–H groups in total. The number of hydrogen-bond donors (Lipinski definition) is 1. The van der Waals surface area contributed by atoms with Crippen molar-refractivity contribution in [3.63, 3.8) is 0 Å². The van der Waals surface area contributed by atoms with Gasteiger partial charge in [-0.3, -0.25) is 14.5 Å². The maximum absolute atomic E-state index is 12.2. The van der Waals surface area contributed by atoms with Crippen molar-refractivity contribution in [3.05, 3.63) is 35.9 Å². The number of nitrogens with one attached hydrogen (secondary N) is 1. The zero-order valence-electron chi connectivity index (χ0n) is 13.6. The minimum atomic E-state index is -0.110. The first kappa shape index (κ1) is 16.2. The molecule has 0 aliphatic rings. The molecular formula is C17H24N4O. The third kappa shape index (κ3) is 4.16. The third-order valence-electron chi connectivity index (χ3n) is 3.67.